The number of aromatic amines is 1. The molecule has 1 heterocycles. The molecule has 0 spiro atoms. The first kappa shape index (κ1) is 10.2. The number of nitrogens with zero attached hydrogens (tertiary/aromatic N) is 1. The van der Waals surface area contributed by atoms with E-state index in [0.717, 1.165) is 4.68 Å². The first-order chi connectivity index (χ1) is 7.72. The minimum Gasteiger partial charge on any atom is -0.494 e. The second kappa shape index (κ2) is 4.06. The average molecular weight is 218 g/mol. The zero-order valence-electron chi connectivity index (χ0n) is 8.64. The number of benzene rings is 1. The summed E-state index contributed by atoms with van der Waals surface area (Å²) in [6.07, 6.45) is 0. The molecule has 2 aromatic rings. The Morgan fingerprint density at radius 3 is 2.62 bits per heavy atom. The number of para-hydroxylation sites is 2. The van der Waals surface area contributed by atoms with E-state index < -0.39 is 0 Å². The van der Waals surface area contributed by atoms with Crippen LogP contribution in [-0.2, 0) is 0 Å². The summed E-state index contributed by atoms with van der Waals surface area (Å²) in [5.41, 5.74) is -0.151. The van der Waals surface area contributed by atoms with Crippen LogP contribution in [0.1, 0.15) is 0 Å². The minimum absolute atomic E-state index is 0.316. The van der Waals surface area contributed by atoms with Crippen molar-refractivity contribution in [2.75, 3.05) is 7.11 Å². The summed E-state index contributed by atoms with van der Waals surface area (Å²) in [4.78, 5) is 22.7. The molecule has 16 heavy (non-hydrogen) atoms. The molecular weight excluding hydrogens is 208 g/mol. The zero-order chi connectivity index (χ0) is 11.5. The lowest BCUT2D eigenvalue weighted by atomic mass is 10.3. The van der Waals surface area contributed by atoms with Gasteiger partial charge < -0.3 is 4.74 Å². The number of nitrogens with one attached hydrogen (secondary N) is 1. The smallest absolute Gasteiger partial charge is 0.270 e. The van der Waals surface area contributed by atoms with E-state index in [-0.39, 0.29) is 11.1 Å². The summed E-state index contributed by atoms with van der Waals surface area (Å²) in [6, 6.07) is 9.35. The van der Waals surface area contributed by atoms with Gasteiger partial charge in [0.2, 0.25) is 0 Å². The first-order valence-electron chi connectivity index (χ1n) is 4.68. The Morgan fingerprint density at radius 1 is 1.12 bits per heavy atom. The summed E-state index contributed by atoms with van der Waals surface area (Å²) < 4.78 is 6.27. The monoisotopic (exact) mass is 218 g/mol. The predicted molar refractivity (Wildman–Crippen MR) is 59.2 cm³/mol. The number of aromatic nitrogens is 2. The van der Waals surface area contributed by atoms with Gasteiger partial charge in [0.25, 0.3) is 11.1 Å². The highest BCUT2D eigenvalue weighted by Gasteiger charge is 2.05. The maximum Gasteiger partial charge on any atom is 0.270 e. The van der Waals surface area contributed by atoms with E-state index in [2.05, 4.69) is 5.10 Å². The predicted octanol–water partition coefficient (Wildman–Crippen LogP) is 0.534. The maximum absolute atomic E-state index is 11.6. The van der Waals surface area contributed by atoms with Crippen LogP contribution in [0, 0.1) is 0 Å². The van der Waals surface area contributed by atoms with Crippen molar-refractivity contribution in [3.63, 3.8) is 0 Å². The fraction of sp³-hybridized carbons (Fsp3) is 0.0909. The highest BCUT2D eigenvalue weighted by molar-refractivity contribution is 5.45. The summed E-state index contributed by atoms with van der Waals surface area (Å²) >= 11 is 0. The van der Waals surface area contributed by atoms with E-state index in [4.69, 9.17) is 4.74 Å². The lowest BCUT2D eigenvalue weighted by molar-refractivity contribution is 0.411. The molecular formula is C11H10N2O3. The quantitative estimate of drug-likeness (QED) is 0.799. The van der Waals surface area contributed by atoms with E-state index in [1.54, 1.807) is 24.3 Å². The number of hydrogen-bond acceptors (Lipinski definition) is 3. The highest BCUT2D eigenvalue weighted by Crippen LogP contribution is 2.18. The minimum atomic E-state index is -0.342. The topological polar surface area (TPSA) is 64.1 Å². The van der Waals surface area contributed by atoms with E-state index in [0.29, 0.717) is 11.4 Å². The Bertz CT molecular complexity index is 613. The van der Waals surface area contributed by atoms with E-state index in [1.807, 2.05) is 0 Å². The van der Waals surface area contributed by atoms with Crippen molar-refractivity contribution in [1.82, 2.24) is 9.78 Å². The van der Waals surface area contributed by atoms with Crippen molar-refractivity contribution >= 4 is 0 Å². The van der Waals surface area contributed by atoms with Crippen LogP contribution in [0.15, 0.2) is 46.0 Å². The van der Waals surface area contributed by atoms with Crippen LogP contribution in [-0.4, -0.2) is 16.9 Å². The van der Waals surface area contributed by atoms with Gasteiger partial charge in [-0.3, -0.25) is 14.7 Å². The second-order valence-electron chi connectivity index (χ2n) is 3.15. The number of H-pyrrole nitrogens is 1. The van der Waals surface area contributed by atoms with Gasteiger partial charge in [0.05, 0.1) is 7.11 Å². The van der Waals surface area contributed by atoms with Gasteiger partial charge >= 0.3 is 0 Å². The van der Waals surface area contributed by atoms with E-state index in [1.165, 1.54) is 19.2 Å². The van der Waals surface area contributed by atoms with Crippen LogP contribution < -0.4 is 15.9 Å². The number of hydrogen-bond donors (Lipinski definition) is 1. The van der Waals surface area contributed by atoms with Crippen molar-refractivity contribution in [3.8, 4) is 11.4 Å². The van der Waals surface area contributed by atoms with Crippen molar-refractivity contribution in [1.29, 1.82) is 0 Å². The van der Waals surface area contributed by atoms with Gasteiger partial charge in [0.1, 0.15) is 11.4 Å². The van der Waals surface area contributed by atoms with Crippen LogP contribution in [0.3, 0.4) is 0 Å². The largest absolute Gasteiger partial charge is 0.494 e. The highest BCUT2D eigenvalue weighted by atomic mass is 16.5. The molecule has 0 radical (unpaired) electrons. The Morgan fingerprint density at radius 2 is 1.88 bits per heavy atom. The first-order valence-corrected chi connectivity index (χ1v) is 4.68. The standard InChI is InChI=1S/C11H10N2O3/c1-16-9-5-3-2-4-8(9)13-11(15)7-6-10(14)12-13/h2-7H,1H3,(H,12,14). The molecule has 0 saturated carbocycles. The number of rotatable bonds is 2. The lowest BCUT2D eigenvalue weighted by Crippen LogP contribution is -2.26. The molecule has 0 aliphatic heterocycles. The Kier molecular flexibility index (Phi) is 2.59. The van der Waals surface area contributed by atoms with Crippen molar-refractivity contribution in [2.24, 2.45) is 0 Å². The molecule has 1 aromatic heterocycles. The molecule has 1 N–H and O–H groups in total. The van der Waals surface area contributed by atoms with Gasteiger partial charge in [-0.25, -0.2) is 4.68 Å². The molecule has 82 valence electrons. The molecule has 0 atom stereocenters. The normalized spacial score (nSPS) is 10.1. The molecule has 0 aliphatic rings. The van der Waals surface area contributed by atoms with Crippen LogP contribution in [0.4, 0.5) is 0 Å². The third-order valence-electron chi connectivity index (χ3n) is 2.15. The van der Waals surface area contributed by atoms with Gasteiger partial charge in [0.15, 0.2) is 0 Å². The molecule has 0 saturated heterocycles. The molecule has 2 rings (SSSR count). The summed E-state index contributed by atoms with van der Waals surface area (Å²) in [5.74, 6) is 0.520. The number of methoxy groups -OCH3 is 1. The van der Waals surface area contributed by atoms with Crippen LogP contribution in [0.5, 0.6) is 5.75 Å². The SMILES string of the molecule is COc1ccccc1-n1[nH]c(=O)ccc1=O. The molecule has 0 aliphatic carbocycles. The fourth-order valence-electron chi connectivity index (χ4n) is 1.42. The molecule has 5 heteroatoms. The van der Waals surface area contributed by atoms with Crippen molar-refractivity contribution in [2.45, 2.75) is 0 Å². The summed E-state index contributed by atoms with van der Waals surface area (Å²) in [5, 5.41) is 2.44. The van der Waals surface area contributed by atoms with Gasteiger partial charge in [-0.15, -0.1) is 0 Å². The Hall–Kier alpha value is -2.30. The lowest BCUT2D eigenvalue weighted by Gasteiger charge is -2.09. The Labute approximate surface area is 90.9 Å². The third kappa shape index (κ3) is 1.75. The molecule has 0 fully saturated rings. The van der Waals surface area contributed by atoms with Crippen molar-refractivity contribution in [3.05, 3.63) is 57.1 Å². The van der Waals surface area contributed by atoms with Gasteiger partial charge in [-0.2, -0.15) is 0 Å². The molecule has 0 bridgehead atoms. The van der Waals surface area contributed by atoms with Crippen LogP contribution in [0.2, 0.25) is 0 Å². The third-order valence-corrected chi connectivity index (χ3v) is 2.15. The van der Waals surface area contributed by atoms with Crippen molar-refractivity contribution < 1.29 is 4.74 Å². The molecule has 1 aromatic carbocycles. The molecule has 5 nitrogen and oxygen atoms in total. The summed E-state index contributed by atoms with van der Waals surface area (Å²) in [7, 11) is 1.50. The average Bonchev–Trinajstić information content (AvgIpc) is 2.32. The molecule has 0 amide bonds. The van der Waals surface area contributed by atoms with Gasteiger partial charge in [0, 0.05) is 12.1 Å². The van der Waals surface area contributed by atoms with Crippen LogP contribution >= 0.6 is 0 Å². The maximum atomic E-state index is 11.6. The van der Waals surface area contributed by atoms with Gasteiger partial charge in [-0.1, -0.05) is 12.1 Å². The zero-order valence-corrected chi connectivity index (χ0v) is 8.64. The van der Waals surface area contributed by atoms with E-state index >= 15 is 0 Å². The van der Waals surface area contributed by atoms with E-state index in [9.17, 15) is 9.59 Å². The fourth-order valence-corrected chi connectivity index (χ4v) is 1.42. The second-order valence-corrected chi connectivity index (χ2v) is 3.15. The Balaban J connectivity index is 2.72. The van der Waals surface area contributed by atoms with Crippen LogP contribution in [0.25, 0.3) is 5.69 Å². The molecule has 0 unspecified atom stereocenters. The number of ether oxygens (including phenoxy) is 1. The summed E-state index contributed by atoms with van der Waals surface area (Å²) in [6.45, 7) is 0. The van der Waals surface area contributed by atoms with Gasteiger partial charge in [-0.05, 0) is 12.1 Å².